The van der Waals surface area contributed by atoms with Gasteiger partial charge in [-0.2, -0.15) is 0 Å². The number of hydrogen-bond acceptors (Lipinski definition) is 2. The molecule has 2 nitrogen and oxygen atoms in total. The highest BCUT2D eigenvalue weighted by Crippen LogP contribution is 2.41. The molecule has 0 spiro atoms. The van der Waals surface area contributed by atoms with Crippen molar-refractivity contribution in [3.63, 3.8) is 0 Å². The predicted octanol–water partition coefficient (Wildman–Crippen LogP) is 2.85. The van der Waals surface area contributed by atoms with Gasteiger partial charge in [-0.25, -0.2) is 0 Å². The summed E-state index contributed by atoms with van der Waals surface area (Å²) in [6, 6.07) is 9.57. The minimum atomic E-state index is 0.206. The van der Waals surface area contributed by atoms with Crippen LogP contribution in [0.25, 0.3) is 0 Å². The van der Waals surface area contributed by atoms with Crippen LogP contribution >= 0.6 is 0 Å². The van der Waals surface area contributed by atoms with Gasteiger partial charge >= 0.3 is 0 Å². The molecule has 1 aliphatic heterocycles. The standard InChI is InChI=1S/C15H16O2/c1-10-13(7-12-8-17-9-14(10)12)15(16)11-5-3-2-4-6-11/h2-6,12,14H,7-9H2,1H3/t12-,14-/m0/s1. The van der Waals surface area contributed by atoms with Gasteiger partial charge in [0, 0.05) is 11.5 Å². The minimum absolute atomic E-state index is 0.206. The van der Waals surface area contributed by atoms with Gasteiger partial charge in [0.2, 0.25) is 0 Å². The van der Waals surface area contributed by atoms with Crippen LogP contribution in [0.1, 0.15) is 23.7 Å². The third-order valence-corrected chi connectivity index (χ3v) is 4.01. The lowest BCUT2D eigenvalue weighted by molar-refractivity contribution is 0.102. The Balaban J connectivity index is 1.91. The van der Waals surface area contributed by atoms with Gasteiger partial charge < -0.3 is 4.74 Å². The normalized spacial score (nSPS) is 27.4. The van der Waals surface area contributed by atoms with Crippen molar-refractivity contribution < 1.29 is 9.53 Å². The second-order valence-corrected chi connectivity index (χ2v) is 4.96. The summed E-state index contributed by atoms with van der Waals surface area (Å²) in [5.41, 5.74) is 3.08. The fourth-order valence-electron chi connectivity index (χ4n) is 2.96. The number of hydrogen-bond donors (Lipinski definition) is 0. The molecule has 88 valence electrons. The van der Waals surface area contributed by atoms with E-state index in [0.717, 1.165) is 30.8 Å². The number of benzene rings is 1. The van der Waals surface area contributed by atoms with Gasteiger partial charge in [-0.1, -0.05) is 35.9 Å². The van der Waals surface area contributed by atoms with Gasteiger partial charge in [0.15, 0.2) is 5.78 Å². The first kappa shape index (κ1) is 10.7. The zero-order valence-electron chi connectivity index (χ0n) is 9.98. The maximum Gasteiger partial charge on any atom is 0.188 e. The molecule has 0 radical (unpaired) electrons. The first-order chi connectivity index (χ1) is 8.27. The Labute approximate surface area is 101 Å². The third kappa shape index (κ3) is 1.73. The first-order valence-electron chi connectivity index (χ1n) is 6.14. The number of Topliss-reactive ketones (excluding diaryl/α,β-unsaturated/α-hetero) is 1. The fourth-order valence-corrected chi connectivity index (χ4v) is 2.96. The molecule has 1 aliphatic carbocycles. The number of carbonyl (C=O) groups excluding carboxylic acids is 1. The summed E-state index contributed by atoms with van der Waals surface area (Å²) in [5, 5.41) is 0. The van der Waals surface area contributed by atoms with Crippen LogP contribution in [0.2, 0.25) is 0 Å². The molecular formula is C15H16O2. The van der Waals surface area contributed by atoms with Crippen LogP contribution in [0.3, 0.4) is 0 Å². The van der Waals surface area contributed by atoms with Crippen LogP contribution in [0.4, 0.5) is 0 Å². The highest BCUT2D eigenvalue weighted by atomic mass is 16.5. The van der Waals surface area contributed by atoms with Gasteiger partial charge in [0.05, 0.1) is 13.2 Å². The Hall–Kier alpha value is -1.41. The lowest BCUT2D eigenvalue weighted by Gasteiger charge is -2.06. The molecule has 1 fully saturated rings. The molecule has 1 heterocycles. The Morgan fingerprint density at radius 2 is 2.00 bits per heavy atom. The quantitative estimate of drug-likeness (QED) is 0.727. The van der Waals surface area contributed by atoms with Crippen molar-refractivity contribution in [2.75, 3.05) is 13.2 Å². The summed E-state index contributed by atoms with van der Waals surface area (Å²) >= 11 is 0. The average molecular weight is 228 g/mol. The molecular weight excluding hydrogens is 212 g/mol. The van der Waals surface area contributed by atoms with Crippen molar-refractivity contribution in [2.24, 2.45) is 11.8 Å². The van der Waals surface area contributed by atoms with Crippen LogP contribution in [0, 0.1) is 11.8 Å². The molecule has 17 heavy (non-hydrogen) atoms. The summed E-state index contributed by atoms with van der Waals surface area (Å²) in [6.45, 7) is 3.70. The molecule has 1 aromatic carbocycles. The summed E-state index contributed by atoms with van der Waals surface area (Å²) in [6.07, 6.45) is 0.893. The van der Waals surface area contributed by atoms with Crippen LogP contribution < -0.4 is 0 Å². The number of allylic oxidation sites excluding steroid dienone is 1. The molecule has 2 atom stereocenters. The smallest absolute Gasteiger partial charge is 0.188 e. The van der Waals surface area contributed by atoms with Crippen molar-refractivity contribution in [1.29, 1.82) is 0 Å². The maximum absolute atomic E-state index is 12.4. The summed E-state index contributed by atoms with van der Waals surface area (Å²) < 4.78 is 5.47. The largest absolute Gasteiger partial charge is 0.380 e. The molecule has 2 heteroatoms. The van der Waals surface area contributed by atoms with E-state index in [1.54, 1.807) is 0 Å². The molecule has 2 aliphatic rings. The van der Waals surface area contributed by atoms with Gasteiger partial charge in [-0.05, 0) is 24.8 Å². The first-order valence-corrected chi connectivity index (χ1v) is 6.14. The van der Waals surface area contributed by atoms with Crippen LogP contribution in [-0.2, 0) is 4.74 Å². The maximum atomic E-state index is 12.4. The molecule has 1 saturated heterocycles. The third-order valence-electron chi connectivity index (χ3n) is 4.01. The molecule has 1 aromatic rings. The van der Waals surface area contributed by atoms with Gasteiger partial charge in [-0.3, -0.25) is 4.79 Å². The van der Waals surface area contributed by atoms with E-state index in [1.165, 1.54) is 5.57 Å². The Morgan fingerprint density at radius 3 is 2.71 bits per heavy atom. The van der Waals surface area contributed by atoms with Crippen molar-refractivity contribution in [1.82, 2.24) is 0 Å². The molecule has 0 bridgehead atoms. The van der Waals surface area contributed by atoms with Gasteiger partial charge in [0.1, 0.15) is 0 Å². The monoisotopic (exact) mass is 228 g/mol. The van der Waals surface area contributed by atoms with Crippen molar-refractivity contribution in [2.45, 2.75) is 13.3 Å². The average Bonchev–Trinajstić information content (AvgIpc) is 2.93. The number of ether oxygens (including phenoxy) is 1. The highest BCUT2D eigenvalue weighted by Gasteiger charge is 2.38. The molecule has 0 unspecified atom stereocenters. The van der Waals surface area contributed by atoms with E-state index >= 15 is 0 Å². The van der Waals surface area contributed by atoms with Crippen LogP contribution in [0.5, 0.6) is 0 Å². The van der Waals surface area contributed by atoms with Crippen LogP contribution in [0.15, 0.2) is 41.5 Å². The molecule has 3 rings (SSSR count). The highest BCUT2D eigenvalue weighted by molar-refractivity contribution is 6.09. The number of rotatable bonds is 2. The second kappa shape index (κ2) is 4.11. The van der Waals surface area contributed by atoms with Gasteiger partial charge in [0.25, 0.3) is 0 Å². The number of fused-ring (bicyclic) bond motifs is 1. The molecule has 0 amide bonds. The summed E-state index contributed by atoms with van der Waals surface area (Å²) in [4.78, 5) is 12.4. The van der Waals surface area contributed by atoms with E-state index in [2.05, 4.69) is 6.92 Å². The van der Waals surface area contributed by atoms with E-state index in [0.29, 0.717) is 11.8 Å². The Kier molecular flexibility index (Phi) is 2.60. The van der Waals surface area contributed by atoms with Crippen molar-refractivity contribution >= 4 is 5.78 Å². The molecule has 0 saturated carbocycles. The van der Waals surface area contributed by atoms with Gasteiger partial charge in [-0.15, -0.1) is 0 Å². The van der Waals surface area contributed by atoms with Crippen molar-refractivity contribution in [3.05, 3.63) is 47.0 Å². The Morgan fingerprint density at radius 1 is 1.24 bits per heavy atom. The van der Waals surface area contributed by atoms with E-state index in [9.17, 15) is 4.79 Å². The van der Waals surface area contributed by atoms with Crippen LogP contribution in [-0.4, -0.2) is 19.0 Å². The topological polar surface area (TPSA) is 26.3 Å². The number of carbonyl (C=O) groups is 1. The Bertz CT molecular complexity index is 473. The zero-order chi connectivity index (χ0) is 11.8. The predicted molar refractivity (Wildman–Crippen MR) is 65.9 cm³/mol. The summed E-state index contributed by atoms with van der Waals surface area (Å²) in [5.74, 6) is 1.23. The SMILES string of the molecule is CC1=C(C(=O)c2ccccc2)C[C@H]2COC[C@@H]12. The van der Waals surface area contributed by atoms with E-state index in [1.807, 2.05) is 30.3 Å². The van der Waals surface area contributed by atoms with E-state index < -0.39 is 0 Å². The summed E-state index contributed by atoms with van der Waals surface area (Å²) in [7, 11) is 0. The lowest BCUT2D eigenvalue weighted by atomic mass is 9.96. The minimum Gasteiger partial charge on any atom is -0.380 e. The molecule has 0 aromatic heterocycles. The second-order valence-electron chi connectivity index (χ2n) is 4.96. The van der Waals surface area contributed by atoms with E-state index in [4.69, 9.17) is 4.74 Å². The van der Waals surface area contributed by atoms with Crippen molar-refractivity contribution in [3.8, 4) is 0 Å². The zero-order valence-corrected chi connectivity index (χ0v) is 9.98. The van der Waals surface area contributed by atoms with E-state index in [-0.39, 0.29) is 5.78 Å². The molecule has 0 N–H and O–H groups in total. The number of ketones is 1. The lowest BCUT2D eigenvalue weighted by Crippen LogP contribution is -2.06. The fraction of sp³-hybridized carbons (Fsp3) is 0.400.